The molecule has 0 unspecified atom stereocenters. The highest BCUT2D eigenvalue weighted by Crippen LogP contribution is 2.22. The first-order valence-corrected chi connectivity index (χ1v) is 7.79. The van der Waals surface area contributed by atoms with Crippen LogP contribution in [0.15, 0.2) is 36.4 Å². The molecule has 1 amide bonds. The van der Waals surface area contributed by atoms with Crippen LogP contribution in [0.3, 0.4) is 0 Å². The van der Waals surface area contributed by atoms with Crippen molar-refractivity contribution in [2.75, 3.05) is 11.9 Å². The second kappa shape index (κ2) is 6.93. The molecule has 0 bridgehead atoms. The number of hydrogen-bond donors (Lipinski definition) is 1. The van der Waals surface area contributed by atoms with Gasteiger partial charge in [-0.05, 0) is 78.8 Å². The Kier molecular flexibility index (Phi) is 5.22. The number of anilines is 1. The quantitative estimate of drug-likeness (QED) is 0.787. The third-order valence-electron chi connectivity index (χ3n) is 3.13. The Morgan fingerprint density at radius 3 is 2.24 bits per heavy atom. The van der Waals surface area contributed by atoms with Gasteiger partial charge in [0.2, 0.25) is 0 Å². The number of halogens is 1. The lowest BCUT2D eigenvalue weighted by molar-refractivity contribution is -0.118. The molecule has 0 radical (unpaired) electrons. The van der Waals surface area contributed by atoms with E-state index in [1.807, 2.05) is 45.0 Å². The minimum atomic E-state index is -0.149. The summed E-state index contributed by atoms with van der Waals surface area (Å²) in [6, 6.07) is 11.7. The van der Waals surface area contributed by atoms with Crippen molar-refractivity contribution in [3.05, 3.63) is 56.7 Å². The molecule has 0 fully saturated rings. The summed E-state index contributed by atoms with van der Waals surface area (Å²) in [5.41, 5.74) is 4.19. The van der Waals surface area contributed by atoms with E-state index in [0.717, 1.165) is 20.4 Å². The molecule has 0 aliphatic heterocycles. The van der Waals surface area contributed by atoms with Crippen molar-refractivity contribution in [3.8, 4) is 5.75 Å². The van der Waals surface area contributed by atoms with Crippen molar-refractivity contribution in [2.45, 2.75) is 20.8 Å². The van der Waals surface area contributed by atoms with Gasteiger partial charge in [-0.15, -0.1) is 0 Å². The summed E-state index contributed by atoms with van der Waals surface area (Å²) < 4.78 is 6.62. The lowest BCUT2D eigenvalue weighted by atomic mass is 10.1. The molecule has 2 aromatic carbocycles. The van der Waals surface area contributed by atoms with Gasteiger partial charge in [-0.25, -0.2) is 0 Å². The molecule has 2 rings (SSSR count). The molecule has 0 aliphatic carbocycles. The zero-order valence-electron chi connectivity index (χ0n) is 12.4. The summed E-state index contributed by atoms with van der Waals surface area (Å²) in [5.74, 6) is 0.548. The topological polar surface area (TPSA) is 38.3 Å². The van der Waals surface area contributed by atoms with E-state index in [2.05, 4.69) is 40.0 Å². The Balaban J connectivity index is 1.97. The van der Waals surface area contributed by atoms with Gasteiger partial charge in [-0.2, -0.15) is 0 Å². The Hall–Kier alpha value is -1.56. The van der Waals surface area contributed by atoms with Gasteiger partial charge in [0, 0.05) is 9.26 Å². The van der Waals surface area contributed by atoms with Crippen LogP contribution in [-0.4, -0.2) is 12.5 Å². The number of carbonyl (C=O) groups excluding carboxylic acids is 1. The van der Waals surface area contributed by atoms with E-state index in [9.17, 15) is 4.79 Å². The number of carbonyl (C=O) groups is 1. The molecule has 3 nitrogen and oxygen atoms in total. The fourth-order valence-corrected chi connectivity index (χ4v) is 2.59. The van der Waals surface area contributed by atoms with Crippen LogP contribution in [0, 0.1) is 24.3 Å². The Morgan fingerprint density at radius 2 is 1.67 bits per heavy atom. The minimum Gasteiger partial charge on any atom is -0.484 e. The van der Waals surface area contributed by atoms with Crippen LogP contribution in [0.25, 0.3) is 0 Å². The monoisotopic (exact) mass is 395 g/mol. The van der Waals surface area contributed by atoms with Gasteiger partial charge in [0.05, 0.1) is 0 Å². The van der Waals surface area contributed by atoms with Gasteiger partial charge in [-0.1, -0.05) is 17.7 Å². The number of benzene rings is 2. The standard InChI is InChI=1S/C17H18INO2/c1-11-8-12(2)17(13(3)9-11)19-16(20)10-21-15-6-4-14(18)5-7-15/h4-9H,10H2,1-3H3,(H,19,20). The van der Waals surface area contributed by atoms with E-state index in [1.54, 1.807) is 0 Å². The molecular formula is C17H18INO2. The van der Waals surface area contributed by atoms with Gasteiger partial charge in [0.15, 0.2) is 6.61 Å². The number of hydrogen-bond acceptors (Lipinski definition) is 2. The van der Waals surface area contributed by atoms with Crippen molar-refractivity contribution >= 4 is 34.2 Å². The highest BCUT2D eigenvalue weighted by Gasteiger charge is 2.09. The maximum absolute atomic E-state index is 12.0. The van der Waals surface area contributed by atoms with Crippen molar-refractivity contribution in [2.24, 2.45) is 0 Å². The SMILES string of the molecule is Cc1cc(C)c(NC(=O)COc2ccc(I)cc2)c(C)c1. The zero-order valence-corrected chi connectivity index (χ0v) is 14.5. The molecule has 0 aromatic heterocycles. The summed E-state index contributed by atoms with van der Waals surface area (Å²) in [4.78, 5) is 12.0. The van der Waals surface area contributed by atoms with Gasteiger partial charge in [0.1, 0.15) is 5.75 Å². The molecule has 0 saturated carbocycles. The Bertz CT molecular complexity index is 627. The fourth-order valence-electron chi connectivity index (χ4n) is 2.23. The lowest BCUT2D eigenvalue weighted by Gasteiger charge is -2.13. The molecular weight excluding hydrogens is 377 g/mol. The number of aryl methyl sites for hydroxylation is 3. The maximum atomic E-state index is 12.0. The van der Waals surface area contributed by atoms with Crippen LogP contribution < -0.4 is 10.1 Å². The molecule has 0 spiro atoms. The second-order valence-electron chi connectivity index (χ2n) is 5.06. The summed E-state index contributed by atoms with van der Waals surface area (Å²) in [7, 11) is 0. The molecule has 0 aliphatic rings. The zero-order chi connectivity index (χ0) is 15.4. The molecule has 4 heteroatoms. The average molecular weight is 395 g/mol. The molecule has 2 aromatic rings. The second-order valence-corrected chi connectivity index (χ2v) is 6.31. The first kappa shape index (κ1) is 15.8. The smallest absolute Gasteiger partial charge is 0.262 e. The summed E-state index contributed by atoms with van der Waals surface area (Å²) in [6.45, 7) is 6.05. The van der Waals surface area contributed by atoms with Gasteiger partial charge < -0.3 is 10.1 Å². The molecule has 1 N–H and O–H groups in total. The van der Waals surface area contributed by atoms with Gasteiger partial charge in [-0.3, -0.25) is 4.79 Å². The molecule has 21 heavy (non-hydrogen) atoms. The van der Waals surface area contributed by atoms with E-state index in [-0.39, 0.29) is 12.5 Å². The highest BCUT2D eigenvalue weighted by molar-refractivity contribution is 14.1. The number of ether oxygens (including phenoxy) is 1. The first-order valence-electron chi connectivity index (χ1n) is 6.72. The van der Waals surface area contributed by atoms with E-state index >= 15 is 0 Å². The van der Waals surface area contributed by atoms with E-state index in [1.165, 1.54) is 5.56 Å². The Labute approximate surface area is 138 Å². The van der Waals surface area contributed by atoms with Crippen molar-refractivity contribution < 1.29 is 9.53 Å². The van der Waals surface area contributed by atoms with E-state index in [0.29, 0.717) is 5.75 Å². The third kappa shape index (κ3) is 4.46. The lowest BCUT2D eigenvalue weighted by Crippen LogP contribution is -2.21. The van der Waals surface area contributed by atoms with Crippen molar-refractivity contribution in [1.29, 1.82) is 0 Å². The Morgan fingerprint density at radius 1 is 1.10 bits per heavy atom. The highest BCUT2D eigenvalue weighted by atomic mass is 127. The molecule has 0 heterocycles. The van der Waals surface area contributed by atoms with E-state index < -0.39 is 0 Å². The average Bonchev–Trinajstić information content (AvgIpc) is 2.42. The number of rotatable bonds is 4. The van der Waals surface area contributed by atoms with Gasteiger partial charge >= 0.3 is 0 Å². The van der Waals surface area contributed by atoms with Crippen LogP contribution in [0.1, 0.15) is 16.7 Å². The summed E-state index contributed by atoms with van der Waals surface area (Å²) in [5, 5.41) is 2.92. The normalized spacial score (nSPS) is 10.3. The molecule has 0 atom stereocenters. The van der Waals surface area contributed by atoms with E-state index in [4.69, 9.17) is 4.74 Å². The number of nitrogens with one attached hydrogen (secondary N) is 1. The maximum Gasteiger partial charge on any atom is 0.262 e. The fraction of sp³-hybridized carbons (Fsp3) is 0.235. The summed E-state index contributed by atoms with van der Waals surface area (Å²) in [6.07, 6.45) is 0. The molecule has 0 saturated heterocycles. The predicted molar refractivity (Wildman–Crippen MR) is 93.9 cm³/mol. The van der Waals surface area contributed by atoms with Crippen LogP contribution in [0.5, 0.6) is 5.75 Å². The number of amides is 1. The van der Waals surface area contributed by atoms with Crippen molar-refractivity contribution in [3.63, 3.8) is 0 Å². The van der Waals surface area contributed by atoms with Crippen LogP contribution in [0.2, 0.25) is 0 Å². The van der Waals surface area contributed by atoms with Crippen molar-refractivity contribution in [1.82, 2.24) is 0 Å². The van der Waals surface area contributed by atoms with Gasteiger partial charge in [0.25, 0.3) is 5.91 Å². The predicted octanol–water partition coefficient (Wildman–Crippen LogP) is 4.23. The largest absolute Gasteiger partial charge is 0.484 e. The van der Waals surface area contributed by atoms with Crippen LogP contribution >= 0.6 is 22.6 Å². The van der Waals surface area contributed by atoms with Crippen LogP contribution in [-0.2, 0) is 4.79 Å². The first-order chi connectivity index (χ1) is 9.95. The third-order valence-corrected chi connectivity index (χ3v) is 3.84. The summed E-state index contributed by atoms with van der Waals surface area (Å²) >= 11 is 2.23. The molecule has 110 valence electrons. The van der Waals surface area contributed by atoms with Crippen LogP contribution in [0.4, 0.5) is 5.69 Å². The minimum absolute atomic E-state index is 0.00729.